The highest BCUT2D eigenvalue weighted by Gasteiger charge is 1.94. The Labute approximate surface area is 42.0 Å². The predicted molar refractivity (Wildman–Crippen MR) is 24.5 cm³/mol. The summed E-state index contributed by atoms with van der Waals surface area (Å²) in [4.78, 5) is 1.66. The first-order valence-corrected chi connectivity index (χ1v) is 2.17. The van der Waals surface area contributed by atoms with E-state index in [4.69, 9.17) is 0 Å². The molecule has 0 radical (unpaired) electrons. The van der Waals surface area contributed by atoms with Crippen LogP contribution in [0.5, 0.6) is 0 Å². The molecule has 0 bridgehead atoms. The highest BCUT2D eigenvalue weighted by molar-refractivity contribution is 4.78. The lowest BCUT2D eigenvalue weighted by atomic mass is 10.6. The Morgan fingerprint density at radius 3 is 2.71 bits per heavy atom. The Balaban J connectivity index is 3.04. The van der Waals surface area contributed by atoms with Gasteiger partial charge in [0.2, 0.25) is 5.69 Å². The van der Waals surface area contributed by atoms with Gasteiger partial charge in [-0.25, -0.2) is 0 Å². The Hall–Kier alpha value is -0.860. The van der Waals surface area contributed by atoms with E-state index in [1.54, 1.807) is 4.80 Å². The molecule has 1 rings (SSSR count). The maximum Gasteiger partial charge on any atom is 0.215 e. The summed E-state index contributed by atoms with van der Waals surface area (Å²) in [5.41, 5.74) is 1.02. The minimum Gasteiger partial charge on any atom is -0.174 e. The second-order valence-electron chi connectivity index (χ2n) is 1.54. The number of nitrogens with one attached hydrogen (secondary N) is 1. The van der Waals surface area contributed by atoms with E-state index < -0.39 is 0 Å². The van der Waals surface area contributed by atoms with E-state index in [1.165, 1.54) is 0 Å². The third-order valence-corrected chi connectivity index (χ3v) is 0.768. The zero-order valence-electron chi connectivity index (χ0n) is 4.47. The van der Waals surface area contributed by atoms with Crippen LogP contribution in [0, 0.1) is 6.92 Å². The molecule has 0 atom stereocenters. The van der Waals surface area contributed by atoms with E-state index in [2.05, 4.69) is 10.2 Å². The predicted octanol–water partition coefficient (Wildman–Crippen LogP) is -0.457. The number of rotatable bonds is 0. The van der Waals surface area contributed by atoms with E-state index in [0.29, 0.717) is 0 Å². The van der Waals surface area contributed by atoms with Crippen LogP contribution in [0.25, 0.3) is 0 Å². The van der Waals surface area contributed by atoms with Crippen LogP contribution in [0.3, 0.4) is 0 Å². The fraction of sp³-hybridized carbons (Fsp3) is 0.500. The van der Waals surface area contributed by atoms with Crippen LogP contribution in [-0.4, -0.2) is 9.90 Å². The molecule has 0 aliphatic rings. The number of nitrogens with zero attached hydrogens (tertiary/aromatic N) is 2. The van der Waals surface area contributed by atoms with Crippen LogP contribution in [0.1, 0.15) is 5.69 Å². The quantitative estimate of drug-likeness (QED) is 0.432. The van der Waals surface area contributed by atoms with Gasteiger partial charge in [0.05, 0.1) is 7.05 Å². The summed E-state index contributed by atoms with van der Waals surface area (Å²) in [7, 11) is 1.85. The number of aryl methyl sites for hydroxylation is 2. The number of hydrogen-bond donors (Lipinski definition) is 0. The third kappa shape index (κ3) is 0.765. The van der Waals surface area contributed by atoms with Crippen LogP contribution in [0.15, 0.2) is 6.20 Å². The van der Waals surface area contributed by atoms with Crippen molar-refractivity contribution in [2.75, 3.05) is 0 Å². The van der Waals surface area contributed by atoms with Gasteiger partial charge in [-0.05, 0) is 0 Å². The monoisotopic (exact) mass is 98.1 g/mol. The Morgan fingerprint density at radius 1 is 1.86 bits per heavy atom. The lowest BCUT2D eigenvalue weighted by Gasteiger charge is -1.65. The van der Waals surface area contributed by atoms with Gasteiger partial charge in [0.25, 0.3) is 0 Å². The molecular weight excluding hydrogens is 90.1 g/mol. The number of H-pyrrole nitrogens is 1. The summed E-state index contributed by atoms with van der Waals surface area (Å²) in [6, 6.07) is 0. The van der Waals surface area contributed by atoms with Crippen molar-refractivity contribution in [2.45, 2.75) is 6.92 Å². The van der Waals surface area contributed by atoms with Crippen molar-refractivity contribution in [3.8, 4) is 0 Å². The Morgan fingerprint density at radius 2 is 2.57 bits per heavy atom. The highest BCUT2D eigenvalue weighted by Crippen LogP contribution is 1.76. The summed E-state index contributed by atoms with van der Waals surface area (Å²) in [6.07, 6.45) is 1.85. The van der Waals surface area contributed by atoms with Gasteiger partial charge in [0.1, 0.15) is 0 Å². The van der Waals surface area contributed by atoms with Crippen molar-refractivity contribution in [1.82, 2.24) is 9.90 Å². The Kier molecular flexibility index (Phi) is 0.817. The molecule has 0 fully saturated rings. The van der Waals surface area contributed by atoms with Crippen molar-refractivity contribution in [3.63, 3.8) is 0 Å². The van der Waals surface area contributed by atoms with Crippen LogP contribution in [-0.2, 0) is 7.05 Å². The van der Waals surface area contributed by atoms with E-state index in [1.807, 2.05) is 20.2 Å². The van der Waals surface area contributed by atoms with E-state index >= 15 is 0 Å². The molecule has 0 unspecified atom stereocenters. The Bertz CT molecular complexity index is 139. The first kappa shape index (κ1) is 4.30. The van der Waals surface area contributed by atoms with Gasteiger partial charge in [-0.2, -0.15) is 5.10 Å². The molecule has 0 amide bonds. The third-order valence-electron chi connectivity index (χ3n) is 0.768. The van der Waals surface area contributed by atoms with Crippen molar-refractivity contribution in [3.05, 3.63) is 11.9 Å². The lowest BCUT2D eigenvalue weighted by Crippen LogP contribution is -2.13. The normalized spacial score (nSPS) is 9.43. The molecule has 0 saturated carbocycles. The summed E-state index contributed by atoms with van der Waals surface area (Å²) >= 11 is 0. The molecule has 0 aliphatic carbocycles. The topological polar surface area (TPSA) is 32.0 Å². The highest BCUT2D eigenvalue weighted by atomic mass is 15.4. The second-order valence-corrected chi connectivity index (χ2v) is 1.54. The van der Waals surface area contributed by atoms with Crippen LogP contribution in [0.4, 0.5) is 0 Å². The van der Waals surface area contributed by atoms with Gasteiger partial charge in [0, 0.05) is 12.0 Å². The van der Waals surface area contributed by atoms with Crippen molar-refractivity contribution >= 4 is 0 Å². The van der Waals surface area contributed by atoms with Gasteiger partial charge in [-0.3, -0.25) is 0 Å². The number of aromatic nitrogens is 3. The zero-order valence-corrected chi connectivity index (χ0v) is 4.47. The van der Waals surface area contributed by atoms with Gasteiger partial charge in [-0.1, -0.05) is 4.80 Å². The molecule has 0 aliphatic heterocycles. The SMILES string of the molecule is Cc1c[nH+]n(C)n1. The molecule has 1 heterocycles. The van der Waals surface area contributed by atoms with E-state index in [0.717, 1.165) is 5.69 Å². The first-order chi connectivity index (χ1) is 3.29. The maximum atomic E-state index is 3.97. The van der Waals surface area contributed by atoms with Crippen LogP contribution < -0.4 is 5.10 Å². The summed E-state index contributed by atoms with van der Waals surface area (Å²) in [5.74, 6) is 0. The van der Waals surface area contributed by atoms with Crippen molar-refractivity contribution < 1.29 is 5.10 Å². The average Bonchev–Trinajstić information content (AvgIpc) is 1.87. The maximum absolute atomic E-state index is 3.97. The fourth-order valence-corrected chi connectivity index (χ4v) is 0.481. The zero-order chi connectivity index (χ0) is 5.28. The fourth-order valence-electron chi connectivity index (χ4n) is 0.481. The molecule has 0 spiro atoms. The summed E-state index contributed by atoms with van der Waals surface area (Å²) in [6.45, 7) is 1.94. The molecule has 38 valence electrons. The molecule has 1 N–H and O–H groups in total. The molecular formula is C4H8N3+. The van der Waals surface area contributed by atoms with E-state index in [-0.39, 0.29) is 0 Å². The van der Waals surface area contributed by atoms with Gasteiger partial charge in [0.15, 0.2) is 6.20 Å². The molecule has 7 heavy (non-hydrogen) atoms. The second kappa shape index (κ2) is 1.33. The molecule has 0 aromatic carbocycles. The molecule has 3 heteroatoms. The molecule has 0 saturated heterocycles. The number of aromatic amines is 1. The first-order valence-electron chi connectivity index (χ1n) is 2.17. The van der Waals surface area contributed by atoms with Crippen molar-refractivity contribution in [2.24, 2.45) is 7.05 Å². The standard InChI is InChI=1S/C4H7N3/c1-4-3-5-7(2)6-4/h3H,1-2H3/p+1. The molecule has 3 nitrogen and oxygen atoms in total. The smallest absolute Gasteiger partial charge is 0.174 e. The van der Waals surface area contributed by atoms with E-state index in [9.17, 15) is 0 Å². The van der Waals surface area contributed by atoms with Crippen LogP contribution >= 0.6 is 0 Å². The minimum absolute atomic E-state index is 1.02. The van der Waals surface area contributed by atoms with Gasteiger partial charge in [-0.15, -0.1) is 0 Å². The van der Waals surface area contributed by atoms with Crippen molar-refractivity contribution in [1.29, 1.82) is 0 Å². The van der Waals surface area contributed by atoms with Gasteiger partial charge < -0.3 is 0 Å². The summed E-state index contributed by atoms with van der Waals surface area (Å²) in [5, 5.41) is 6.85. The van der Waals surface area contributed by atoms with Crippen LogP contribution in [0.2, 0.25) is 0 Å². The molecule has 1 aromatic heterocycles. The largest absolute Gasteiger partial charge is 0.215 e. The average molecular weight is 98.1 g/mol. The summed E-state index contributed by atoms with van der Waals surface area (Å²) < 4.78 is 0. The minimum atomic E-state index is 1.02. The molecule has 1 aromatic rings. The van der Waals surface area contributed by atoms with Gasteiger partial charge >= 0.3 is 0 Å². The number of hydrogen-bond acceptors (Lipinski definition) is 1. The lowest BCUT2D eigenvalue weighted by molar-refractivity contribution is -0.492.